The Labute approximate surface area is 212 Å². The van der Waals surface area contributed by atoms with Gasteiger partial charge < -0.3 is 24.8 Å². The van der Waals surface area contributed by atoms with E-state index in [0.717, 1.165) is 22.0 Å². The van der Waals surface area contributed by atoms with E-state index >= 15 is 0 Å². The average molecular weight is 510 g/mol. The number of carbonyl (C=O) groups excluding carboxylic acids is 2. The normalized spacial score (nSPS) is 16.0. The number of nitrogens with one attached hydrogen (secondary N) is 1. The molecule has 2 amide bonds. The second-order valence-corrected chi connectivity index (χ2v) is 9.37. The summed E-state index contributed by atoms with van der Waals surface area (Å²) in [5.74, 6) is 0.341. The molecular weight excluding hydrogens is 482 g/mol. The molecule has 0 unspecified atom stereocenters. The molecule has 2 N–H and O–H groups in total. The summed E-state index contributed by atoms with van der Waals surface area (Å²) in [6, 6.07) is 13.0. The number of rotatable bonds is 8. The molecule has 1 aromatic heterocycles. The molecule has 2 heterocycles. The number of hydrogen-bond donors (Lipinski definition) is 2. The number of aliphatic carboxylic acids is 1. The Morgan fingerprint density at radius 1 is 1.14 bits per heavy atom. The average Bonchev–Trinajstić information content (AvgIpc) is 3.38. The van der Waals surface area contributed by atoms with Crippen LogP contribution in [0.15, 0.2) is 48.5 Å². The third-order valence-corrected chi connectivity index (χ3v) is 7.09. The van der Waals surface area contributed by atoms with Crippen molar-refractivity contribution in [1.82, 2.24) is 15.2 Å². The fourth-order valence-corrected chi connectivity index (χ4v) is 5.44. The number of fused-ring (bicyclic) bond motifs is 1. The largest absolute Gasteiger partial charge is 0.496 e. The fraction of sp³-hybridized carbons (Fsp3) is 0.308. The van der Waals surface area contributed by atoms with E-state index in [4.69, 9.17) is 14.5 Å². The number of methoxy groups -OCH3 is 2. The molecule has 0 bridgehead atoms. The van der Waals surface area contributed by atoms with Crippen LogP contribution in [-0.4, -0.2) is 70.7 Å². The Hall–Kier alpha value is -3.79. The molecule has 36 heavy (non-hydrogen) atoms. The maximum Gasteiger partial charge on any atom is 0.326 e. The van der Waals surface area contributed by atoms with Crippen LogP contribution in [0.3, 0.4) is 0 Å². The van der Waals surface area contributed by atoms with Crippen molar-refractivity contribution in [3.63, 3.8) is 0 Å². The van der Waals surface area contributed by atoms with Gasteiger partial charge in [-0.2, -0.15) is 0 Å². The summed E-state index contributed by atoms with van der Waals surface area (Å²) in [5, 5.41) is 13.2. The molecule has 2 atom stereocenters. The van der Waals surface area contributed by atoms with Gasteiger partial charge in [-0.05, 0) is 35.9 Å². The van der Waals surface area contributed by atoms with Gasteiger partial charge in [-0.15, -0.1) is 11.8 Å². The SMILES string of the molecule is COc1cccc(OC)c1-c1ccc2cc(C[C@H](NC(=O)[C@@H]3CSCN3C(C)=O)C(=O)O)ccc2n1. The first-order valence-corrected chi connectivity index (χ1v) is 12.5. The smallest absolute Gasteiger partial charge is 0.326 e. The van der Waals surface area contributed by atoms with Crippen molar-refractivity contribution < 1.29 is 29.0 Å². The molecule has 0 saturated carbocycles. The number of aromatic nitrogens is 1. The lowest BCUT2D eigenvalue weighted by Gasteiger charge is -2.23. The monoisotopic (exact) mass is 509 g/mol. The zero-order valence-electron chi connectivity index (χ0n) is 20.2. The molecule has 1 fully saturated rings. The Morgan fingerprint density at radius 2 is 1.86 bits per heavy atom. The van der Waals surface area contributed by atoms with Gasteiger partial charge in [-0.25, -0.2) is 9.78 Å². The maximum atomic E-state index is 12.7. The number of hydrogen-bond acceptors (Lipinski definition) is 7. The minimum Gasteiger partial charge on any atom is -0.496 e. The van der Waals surface area contributed by atoms with E-state index in [1.807, 2.05) is 42.5 Å². The number of amides is 2. The van der Waals surface area contributed by atoms with Crippen molar-refractivity contribution >= 4 is 40.4 Å². The van der Waals surface area contributed by atoms with Gasteiger partial charge in [0.25, 0.3) is 0 Å². The Balaban J connectivity index is 1.56. The predicted molar refractivity (Wildman–Crippen MR) is 137 cm³/mol. The molecule has 4 rings (SSSR count). The highest BCUT2D eigenvalue weighted by atomic mass is 32.2. The van der Waals surface area contributed by atoms with Crippen molar-refractivity contribution in [2.24, 2.45) is 0 Å². The highest BCUT2D eigenvalue weighted by molar-refractivity contribution is 7.99. The number of thioether (sulfide) groups is 1. The molecule has 1 saturated heterocycles. The van der Waals surface area contributed by atoms with E-state index in [1.165, 1.54) is 23.6 Å². The Bertz CT molecular complexity index is 1290. The highest BCUT2D eigenvalue weighted by Crippen LogP contribution is 2.37. The van der Waals surface area contributed by atoms with Crippen LogP contribution >= 0.6 is 11.8 Å². The summed E-state index contributed by atoms with van der Waals surface area (Å²) in [7, 11) is 3.18. The summed E-state index contributed by atoms with van der Waals surface area (Å²) >= 11 is 1.47. The molecule has 9 nitrogen and oxygen atoms in total. The second-order valence-electron chi connectivity index (χ2n) is 8.37. The van der Waals surface area contributed by atoms with Gasteiger partial charge in [0, 0.05) is 24.5 Å². The van der Waals surface area contributed by atoms with Crippen LogP contribution < -0.4 is 14.8 Å². The molecule has 1 aliphatic heterocycles. The Kier molecular flexibility index (Phi) is 7.64. The highest BCUT2D eigenvalue weighted by Gasteiger charge is 2.35. The van der Waals surface area contributed by atoms with Crippen molar-refractivity contribution in [2.45, 2.75) is 25.4 Å². The molecule has 0 radical (unpaired) electrons. The molecule has 188 valence electrons. The van der Waals surface area contributed by atoms with Crippen LogP contribution in [-0.2, 0) is 20.8 Å². The molecule has 0 spiro atoms. The molecule has 0 aliphatic carbocycles. The van der Waals surface area contributed by atoms with Crippen LogP contribution in [0, 0.1) is 0 Å². The lowest BCUT2D eigenvalue weighted by molar-refractivity contribution is -0.143. The Morgan fingerprint density at radius 3 is 2.50 bits per heavy atom. The van der Waals surface area contributed by atoms with Crippen molar-refractivity contribution in [2.75, 3.05) is 25.8 Å². The number of carboxylic acids is 1. The summed E-state index contributed by atoms with van der Waals surface area (Å²) < 4.78 is 11.0. The summed E-state index contributed by atoms with van der Waals surface area (Å²) in [5.41, 5.74) is 2.89. The number of pyridine rings is 1. The molecule has 3 aromatic rings. The summed E-state index contributed by atoms with van der Waals surface area (Å²) in [6.45, 7) is 1.40. The van der Waals surface area contributed by atoms with Gasteiger partial charge in [0.05, 0.1) is 36.9 Å². The van der Waals surface area contributed by atoms with Gasteiger partial charge in [0.2, 0.25) is 11.8 Å². The van der Waals surface area contributed by atoms with Crippen LogP contribution in [0.5, 0.6) is 11.5 Å². The predicted octanol–water partition coefficient (Wildman–Crippen LogP) is 2.95. The number of nitrogens with zero attached hydrogens (tertiary/aromatic N) is 2. The van der Waals surface area contributed by atoms with Gasteiger partial charge in [-0.1, -0.05) is 18.2 Å². The van der Waals surface area contributed by atoms with E-state index < -0.39 is 24.0 Å². The minimum atomic E-state index is -1.14. The van der Waals surface area contributed by atoms with E-state index in [-0.39, 0.29) is 12.3 Å². The number of ether oxygens (including phenoxy) is 2. The van der Waals surface area contributed by atoms with Crippen LogP contribution in [0.1, 0.15) is 12.5 Å². The van der Waals surface area contributed by atoms with Crippen LogP contribution in [0.25, 0.3) is 22.2 Å². The van der Waals surface area contributed by atoms with Crippen molar-refractivity contribution in [3.05, 3.63) is 54.1 Å². The topological polar surface area (TPSA) is 118 Å². The molecule has 2 aromatic carbocycles. The van der Waals surface area contributed by atoms with Crippen LogP contribution in [0.2, 0.25) is 0 Å². The lowest BCUT2D eigenvalue weighted by atomic mass is 10.0. The van der Waals surface area contributed by atoms with Crippen molar-refractivity contribution in [3.8, 4) is 22.8 Å². The van der Waals surface area contributed by atoms with Gasteiger partial charge in [-0.3, -0.25) is 9.59 Å². The van der Waals surface area contributed by atoms with E-state index in [9.17, 15) is 19.5 Å². The molecule has 10 heteroatoms. The second kappa shape index (κ2) is 10.9. The molecular formula is C26H27N3O6S. The molecule has 1 aliphatic rings. The van der Waals surface area contributed by atoms with E-state index in [1.54, 1.807) is 20.3 Å². The van der Waals surface area contributed by atoms with Gasteiger partial charge >= 0.3 is 5.97 Å². The number of benzene rings is 2. The fourth-order valence-electron chi connectivity index (χ4n) is 4.22. The standard InChI is InChI=1S/C26H27N3O6S/c1-15(30)29-14-36-13-21(29)25(31)28-20(26(32)33)12-16-7-9-18-17(11-16)8-10-19(27-18)24-22(34-2)5-4-6-23(24)35-3/h4-11,20-21H,12-14H2,1-3H3,(H,28,31)(H,32,33)/t20-,21-/m0/s1. The lowest BCUT2D eigenvalue weighted by Crippen LogP contribution is -2.52. The number of carbonyl (C=O) groups is 3. The first kappa shape index (κ1) is 25.3. The van der Waals surface area contributed by atoms with Gasteiger partial charge in [0.1, 0.15) is 23.6 Å². The third kappa shape index (κ3) is 5.23. The van der Waals surface area contributed by atoms with Crippen LogP contribution in [0.4, 0.5) is 0 Å². The van der Waals surface area contributed by atoms with E-state index in [2.05, 4.69) is 5.32 Å². The zero-order chi connectivity index (χ0) is 25.8. The first-order valence-electron chi connectivity index (χ1n) is 11.3. The van der Waals surface area contributed by atoms with Gasteiger partial charge in [0.15, 0.2) is 0 Å². The maximum absolute atomic E-state index is 12.7. The summed E-state index contributed by atoms with van der Waals surface area (Å²) in [6.07, 6.45) is 0.0963. The minimum absolute atomic E-state index is 0.0963. The zero-order valence-corrected chi connectivity index (χ0v) is 21.0. The first-order chi connectivity index (χ1) is 17.3. The third-order valence-electron chi connectivity index (χ3n) is 6.08. The van der Waals surface area contributed by atoms with E-state index in [0.29, 0.717) is 28.8 Å². The summed E-state index contributed by atoms with van der Waals surface area (Å²) in [4.78, 5) is 42.7. The van der Waals surface area contributed by atoms with Crippen molar-refractivity contribution in [1.29, 1.82) is 0 Å². The number of carboxylic acid groups (broad SMARTS) is 1. The quantitative estimate of drug-likeness (QED) is 0.476.